The quantitative estimate of drug-likeness (QED) is 0.794. The van der Waals surface area contributed by atoms with Crippen LogP contribution in [0.4, 0.5) is 0 Å². The molecule has 0 saturated heterocycles. The lowest BCUT2D eigenvalue weighted by atomic mass is 10.1. The SMILES string of the molecule is CC(C)C(CCl)NC(=O)c1cnn(C)c1. The van der Waals surface area contributed by atoms with Crippen LogP contribution in [-0.2, 0) is 7.05 Å². The van der Waals surface area contributed by atoms with E-state index in [9.17, 15) is 4.79 Å². The van der Waals surface area contributed by atoms with Gasteiger partial charge in [0.25, 0.3) is 5.91 Å². The summed E-state index contributed by atoms with van der Waals surface area (Å²) in [4.78, 5) is 11.7. The van der Waals surface area contributed by atoms with Gasteiger partial charge in [-0.2, -0.15) is 5.10 Å². The Morgan fingerprint density at radius 3 is 2.73 bits per heavy atom. The summed E-state index contributed by atoms with van der Waals surface area (Å²) in [5.41, 5.74) is 0.563. The number of carbonyl (C=O) groups excluding carboxylic acids is 1. The lowest BCUT2D eigenvalue weighted by Gasteiger charge is -2.19. The van der Waals surface area contributed by atoms with Crippen molar-refractivity contribution in [1.29, 1.82) is 0 Å². The molecule has 0 spiro atoms. The van der Waals surface area contributed by atoms with Crippen LogP contribution < -0.4 is 5.32 Å². The number of alkyl halides is 1. The molecule has 0 radical (unpaired) electrons. The highest BCUT2D eigenvalue weighted by molar-refractivity contribution is 6.18. The van der Waals surface area contributed by atoms with Gasteiger partial charge in [0.1, 0.15) is 0 Å². The van der Waals surface area contributed by atoms with Crippen molar-refractivity contribution in [3.63, 3.8) is 0 Å². The van der Waals surface area contributed by atoms with Gasteiger partial charge >= 0.3 is 0 Å². The Balaban J connectivity index is 2.62. The molecule has 1 N–H and O–H groups in total. The Kier molecular flexibility index (Phi) is 4.15. The minimum Gasteiger partial charge on any atom is -0.348 e. The molecule has 4 nitrogen and oxygen atoms in total. The van der Waals surface area contributed by atoms with Crippen molar-refractivity contribution in [3.8, 4) is 0 Å². The van der Waals surface area contributed by atoms with Crippen molar-refractivity contribution >= 4 is 17.5 Å². The minimum absolute atomic E-state index is 0.000581. The van der Waals surface area contributed by atoms with Crippen molar-refractivity contribution in [3.05, 3.63) is 18.0 Å². The van der Waals surface area contributed by atoms with Crippen LogP contribution in [0.2, 0.25) is 0 Å². The minimum atomic E-state index is -0.123. The molecule has 1 heterocycles. The first kappa shape index (κ1) is 12.0. The maximum atomic E-state index is 11.7. The summed E-state index contributed by atoms with van der Waals surface area (Å²) in [6.07, 6.45) is 3.22. The molecule has 1 amide bonds. The normalized spacial score (nSPS) is 12.9. The molecule has 0 aliphatic heterocycles. The molecule has 0 aliphatic rings. The zero-order chi connectivity index (χ0) is 11.4. The molecule has 1 unspecified atom stereocenters. The Labute approximate surface area is 94.6 Å². The second kappa shape index (κ2) is 5.16. The van der Waals surface area contributed by atoms with Gasteiger partial charge in [-0.1, -0.05) is 13.8 Å². The third kappa shape index (κ3) is 3.23. The predicted molar refractivity (Wildman–Crippen MR) is 60.0 cm³/mol. The third-order valence-electron chi connectivity index (χ3n) is 2.25. The van der Waals surface area contributed by atoms with Crippen LogP contribution in [0, 0.1) is 5.92 Å². The maximum absolute atomic E-state index is 11.7. The van der Waals surface area contributed by atoms with Gasteiger partial charge in [-0.3, -0.25) is 9.48 Å². The Bertz CT molecular complexity index is 335. The number of aryl methyl sites for hydroxylation is 1. The Morgan fingerprint density at radius 1 is 1.67 bits per heavy atom. The zero-order valence-electron chi connectivity index (χ0n) is 9.20. The van der Waals surface area contributed by atoms with Gasteiger partial charge in [-0.15, -0.1) is 11.6 Å². The van der Waals surface area contributed by atoms with Crippen LogP contribution in [0.3, 0.4) is 0 Å². The third-order valence-corrected chi connectivity index (χ3v) is 2.59. The number of aromatic nitrogens is 2. The van der Waals surface area contributed by atoms with Gasteiger partial charge in [-0.25, -0.2) is 0 Å². The summed E-state index contributed by atoms with van der Waals surface area (Å²) in [6, 6.07) is -0.000581. The summed E-state index contributed by atoms with van der Waals surface area (Å²) in [6.45, 7) is 4.05. The van der Waals surface area contributed by atoms with E-state index in [1.165, 1.54) is 0 Å². The number of rotatable bonds is 4. The van der Waals surface area contributed by atoms with Crippen LogP contribution in [0.25, 0.3) is 0 Å². The summed E-state index contributed by atoms with van der Waals surface area (Å²) in [5, 5.41) is 6.81. The molecule has 0 aliphatic carbocycles. The van der Waals surface area contributed by atoms with Crippen molar-refractivity contribution in [1.82, 2.24) is 15.1 Å². The predicted octanol–water partition coefficient (Wildman–Crippen LogP) is 1.41. The second-order valence-electron chi connectivity index (χ2n) is 3.88. The molecule has 1 rings (SSSR count). The average molecular weight is 230 g/mol. The average Bonchev–Trinajstić information content (AvgIpc) is 2.60. The van der Waals surface area contributed by atoms with Gasteiger partial charge in [-0.05, 0) is 5.92 Å². The first-order valence-electron chi connectivity index (χ1n) is 4.90. The van der Waals surface area contributed by atoms with E-state index in [4.69, 9.17) is 11.6 Å². The number of amides is 1. The van der Waals surface area contributed by atoms with Crippen molar-refractivity contribution in [2.75, 3.05) is 5.88 Å². The van der Waals surface area contributed by atoms with Gasteiger partial charge in [0.2, 0.25) is 0 Å². The molecular formula is C10H16ClN3O. The molecule has 5 heteroatoms. The van der Waals surface area contributed by atoms with E-state index in [1.54, 1.807) is 24.1 Å². The largest absolute Gasteiger partial charge is 0.348 e. The molecule has 0 fully saturated rings. The van der Waals surface area contributed by atoms with Gasteiger partial charge in [0, 0.05) is 25.2 Å². The van der Waals surface area contributed by atoms with Gasteiger partial charge < -0.3 is 5.32 Å². The van der Waals surface area contributed by atoms with Crippen LogP contribution in [0.5, 0.6) is 0 Å². The van der Waals surface area contributed by atoms with E-state index < -0.39 is 0 Å². The highest BCUT2D eigenvalue weighted by atomic mass is 35.5. The standard InChI is InChI=1S/C10H16ClN3O/c1-7(2)9(4-11)13-10(15)8-5-12-14(3)6-8/h5-7,9H,4H2,1-3H3,(H,13,15). The van der Waals surface area contributed by atoms with Crippen LogP contribution in [-0.4, -0.2) is 27.6 Å². The van der Waals surface area contributed by atoms with Crippen LogP contribution >= 0.6 is 11.6 Å². The molecule has 1 aromatic heterocycles. The van der Waals surface area contributed by atoms with E-state index in [0.717, 1.165) is 0 Å². The molecule has 0 aromatic carbocycles. The van der Waals surface area contributed by atoms with E-state index in [2.05, 4.69) is 10.4 Å². The highest BCUT2D eigenvalue weighted by Crippen LogP contribution is 2.05. The molecule has 0 bridgehead atoms. The van der Waals surface area contributed by atoms with E-state index in [0.29, 0.717) is 17.4 Å². The summed E-state index contributed by atoms with van der Waals surface area (Å²) in [5.74, 6) is 0.620. The maximum Gasteiger partial charge on any atom is 0.254 e. The monoisotopic (exact) mass is 229 g/mol. The molecular weight excluding hydrogens is 214 g/mol. The van der Waals surface area contributed by atoms with Gasteiger partial charge in [0.05, 0.1) is 11.8 Å². The van der Waals surface area contributed by atoms with E-state index in [1.807, 2.05) is 13.8 Å². The smallest absolute Gasteiger partial charge is 0.254 e. The highest BCUT2D eigenvalue weighted by Gasteiger charge is 2.16. The fourth-order valence-electron chi connectivity index (χ4n) is 1.17. The summed E-state index contributed by atoms with van der Waals surface area (Å²) < 4.78 is 1.60. The zero-order valence-corrected chi connectivity index (χ0v) is 9.95. The number of carbonyl (C=O) groups is 1. The fourth-order valence-corrected chi connectivity index (χ4v) is 1.61. The number of hydrogen-bond acceptors (Lipinski definition) is 2. The lowest BCUT2D eigenvalue weighted by Crippen LogP contribution is -2.39. The number of nitrogens with zero attached hydrogens (tertiary/aromatic N) is 2. The number of nitrogens with one attached hydrogen (secondary N) is 1. The van der Waals surface area contributed by atoms with Crippen molar-refractivity contribution < 1.29 is 4.79 Å². The van der Waals surface area contributed by atoms with E-state index in [-0.39, 0.29) is 11.9 Å². The van der Waals surface area contributed by atoms with Crippen LogP contribution in [0.15, 0.2) is 12.4 Å². The van der Waals surface area contributed by atoms with E-state index >= 15 is 0 Å². The summed E-state index contributed by atoms with van der Waals surface area (Å²) in [7, 11) is 1.78. The first-order valence-corrected chi connectivity index (χ1v) is 5.43. The van der Waals surface area contributed by atoms with Crippen LogP contribution in [0.1, 0.15) is 24.2 Å². The second-order valence-corrected chi connectivity index (χ2v) is 4.19. The summed E-state index contributed by atoms with van der Waals surface area (Å²) >= 11 is 5.76. The molecule has 15 heavy (non-hydrogen) atoms. The van der Waals surface area contributed by atoms with Gasteiger partial charge in [0.15, 0.2) is 0 Å². The first-order chi connectivity index (χ1) is 7.04. The Morgan fingerprint density at radius 2 is 2.33 bits per heavy atom. The molecule has 1 aromatic rings. The topological polar surface area (TPSA) is 46.9 Å². The van der Waals surface area contributed by atoms with Crippen molar-refractivity contribution in [2.24, 2.45) is 13.0 Å². The number of halogens is 1. The molecule has 84 valence electrons. The van der Waals surface area contributed by atoms with Crippen molar-refractivity contribution in [2.45, 2.75) is 19.9 Å². The fraction of sp³-hybridized carbons (Fsp3) is 0.600. The lowest BCUT2D eigenvalue weighted by molar-refractivity contribution is 0.0931. The molecule has 1 atom stereocenters. The Hall–Kier alpha value is -1.03. The number of hydrogen-bond donors (Lipinski definition) is 1. The molecule has 0 saturated carbocycles.